The SMILES string of the molecule is CCCc1nnsc1-c1nc2c(CN)cccc2[nH]1. The molecule has 0 aliphatic heterocycles. The molecule has 2 heterocycles. The second kappa shape index (κ2) is 5.07. The number of para-hydroxylation sites is 1. The minimum atomic E-state index is 0.490. The largest absolute Gasteiger partial charge is 0.337 e. The minimum Gasteiger partial charge on any atom is -0.337 e. The minimum absolute atomic E-state index is 0.490. The van der Waals surface area contributed by atoms with Crippen LogP contribution < -0.4 is 5.73 Å². The first kappa shape index (κ1) is 12.3. The number of hydrogen-bond acceptors (Lipinski definition) is 5. The number of benzene rings is 1. The third-order valence-electron chi connectivity index (χ3n) is 3.07. The summed E-state index contributed by atoms with van der Waals surface area (Å²) in [5.41, 5.74) is 9.76. The lowest BCUT2D eigenvalue weighted by molar-refractivity contribution is 0.870. The van der Waals surface area contributed by atoms with Gasteiger partial charge in [-0.3, -0.25) is 0 Å². The zero-order valence-corrected chi connectivity index (χ0v) is 11.5. The normalized spacial score (nSPS) is 11.3. The summed E-state index contributed by atoms with van der Waals surface area (Å²) in [5, 5.41) is 4.18. The second-order valence-electron chi connectivity index (χ2n) is 4.40. The van der Waals surface area contributed by atoms with Gasteiger partial charge in [-0.1, -0.05) is 30.0 Å². The summed E-state index contributed by atoms with van der Waals surface area (Å²) < 4.78 is 4.04. The van der Waals surface area contributed by atoms with Crippen LogP contribution in [0.4, 0.5) is 0 Å². The highest BCUT2D eigenvalue weighted by atomic mass is 32.1. The summed E-state index contributed by atoms with van der Waals surface area (Å²) in [5.74, 6) is 0.842. The highest BCUT2D eigenvalue weighted by molar-refractivity contribution is 7.09. The van der Waals surface area contributed by atoms with Gasteiger partial charge in [0.2, 0.25) is 0 Å². The van der Waals surface area contributed by atoms with Crippen LogP contribution in [0, 0.1) is 0 Å². The van der Waals surface area contributed by atoms with Crippen molar-refractivity contribution >= 4 is 22.6 Å². The summed E-state index contributed by atoms with van der Waals surface area (Å²) >= 11 is 1.39. The molecule has 3 rings (SSSR count). The fraction of sp³-hybridized carbons (Fsp3) is 0.308. The van der Waals surface area contributed by atoms with Gasteiger partial charge in [0.1, 0.15) is 4.88 Å². The average Bonchev–Trinajstić information content (AvgIpc) is 3.03. The molecule has 0 saturated heterocycles. The maximum Gasteiger partial charge on any atom is 0.152 e. The Morgan fingerprint density at radius 3 is 3.05 bits per heavy atom. The van der Waals surface area contributed by atoms with Crippen molar-refractivity contribution < 1.29 is 0 Å². The topological polar surface area (TPSA) is 80.5 Å². The molecular formula is C13H15N5S. The van der Waals surface area contributed by atoms with Crippen molar-refractivity contribution in [1.82, 2.24) is 19.6 Å². The van der Waals surface area contributed by atoms with Crippen LogP contribution in [0.2, 0.25) is 0 Å². The Labute approximate surface area is 115 Å². The Kier molecular flexibility index (Phi) is 3.27. The van der Waals surface area contributed by atoms with Gasteiger partial charge in [-0.25, -0.2) is 4.98 Å². The molecule has 0 spiro atoms. The fourth-order valence-corrected chi connectivity index (χ4v) is 2.81. The zero-order valence-electron chi connectivity index (χ0n) is 10.7. The predicted octanol–water partition coefficient (Wildman–Crippen LogP) is 2.49. The first-order valence-corrected chi connectivity index (χ1v) is 7.10. The van der Waals surface area contributed by atoms with Gasteiger partial charge in [-0.05, 0) is 29.6 Å². The molecule has 6 heteroatoms. The molecule has 5 nitrogen and oxygen atoms in total. The highest BCUT2D eigenvalue weighted by Gasteiger charge is 2.14. The van der Waals surface area contributed by atoms with E-state index in [1.54, 1.807) is 0 Å². The van der Waals surface area contributed by atoms with Crippen LogP contribution in [0.5, 0.6) is 0 Å². The van der Waals surface area contributed by atoms with Crippen molar-refractivity contribution in [3.05, 3.63) is 29.5 Å². The molecule has 0 fully saturated rings. The number of aromatic nitrogens is 4. The fourth-order valence-electron chi connectivity index (χ4n) is 2.15. The van der Waals surface area contributed by atoms with Crippen LogP contribution in [0.3, 0.4) is 0 Å². The Morgan fingerprint density at radius 1 is 1.37 bits per heavy atom. The summed E-state index contributed by atoms with van der Waals surface area (Å²) in [6.07, 6.45) is 1.97. The number of fused-ring (bicyclic) bond motifs is 1. The molecule has 0 saturated carbocycles. The van der Waals surface area contributed by atoms with E-state index in [0.29, 0.717) is 6.54 Å². The third kappa shape index (κ3) is 2.13. The van der Waals surface area contributed by atoms with E-state index in [2.05, 4.69) is 26.5 Å². The van der Waals surface area contributed by atoms with Crippen molar-refractivity contribution in [2.45, 2.75) is 26.3 Å². The standard InChI is InChI=1S/C13H15N5S/c1-2-4-10-12(19-18-17-10)13-15-9-6-3-5-8(7-14)11(9)16-13/h3,5-6H,2,4,7,14H2,1H3,(H,15,16). The molecule has 3 aromatic rings. The number of rotatable bonds is 4. The molecule has 0 amide bonds. The number of H-pyrrole nitrogens is 1. The molecular weight excluding hydrogens is 258 g/mol. The molecule has 0 atom stereocenters. The molecule has 0 radical (unpaired) electrons. The number of nitrogens with zero attached hydrogens (tertiary/aromatic N) is 3. The Balaban J connectivity index is 2.12. The Bertz CT molecular complexity index is 700. The van der Waals surface area contributed by atoms with Crippen molar-refractivity contribution in [3.8, 4) is 10.7 Å². The predicted molar refractivity (Wildman–Crippen MR) is 76.9 cm³/mol. The van der Waals surface area contributed by atoms with Gasteiger partial charge in [-0.2, -0.15) is 0 Å². The summed E-state index contributed by atoms with van der Waals surface area (Å²) in [6.45, 7) is 2.62. The molecule has 0 aliphatic rings. The first-order chi connectivity index (χ1) is 9.33. The number of nitrogens with two attached hydrogens (primary N) is 1. The van der Waals surface area contributed by atoms with Crippen molar-refractivity contribution in [2.75, 3.05) is 0 Å². The van der Waals surface area contributed by atoms with Gasteiger partial charge < -0.3 is 10.7 Å². The highest BCUT2D eigenvalue weighted by Crippen LogP contribution is 2.27. The zero-order chi connectivity index (χ0) is 13.2. The number of hydrogen-bond donors (Lipinski definition) is 2. The lowest BCUT2D eigenvalue weighted by Crippen LogP contribution is -1.96. The van der Waals surface area contributed by atoms with E-state index in [-0.39, 0.29) is 0 Å². The number of imidazole rings is 1. The van der Waals surface area contributed by atoms with Crippen molar-refractivity contribution in [2.24, 2.45) is 5.73 Å². The van der Waals surface area contributed by atoms with Gasteiger partial charge in [0.05, 0.1) is 16.7 Å². The maximum atomic E-state index is 5.75. The van der Waals surface area contributed by atoms with Crippen LogP contribution in [-0.2, 0) is 13.0 Å². The Morgan fingerprint density at radius 2 is 2.26 bits per heavy atom. The van der Waals surface area contributed by atoms with Crippen LogP contribution in [-0.4, -0.2) is 19.6 Å². The van der Waals surface area contributed by atoms with E-state index in [1.807, 2.05) is 18.2 Å². The molecule has 1 aromatic carbocycles. The lowest BCUT2D eigenvalue weighted by Gasteiger charge is -1.95. The summed E-state index contributed by atoms with van der Waals surface area (Å²) in [6, 6.07) is 6.01. The quantitative estimate of drug-likeness (QED) is 0.765. The molecule has 98 valence electrons. The third-order valence-corrected chi connectivity index (χ3v) is 3.85. The van der Waals surface area contributed by atoms with Gasteiger partial charge in [-0.15, -0.1) is 5.10 Å². The van der Waals surface area contributed by atoms with E-state index in [4.69, 9.17) is 5.73 Å². The lowest BCUT2D eigenvalue weighted by atomic mass is 10.2. The second-order valence-corrected chi connectivity index (χ2v) is 5.16. The van der Waals surface area contributed by atoms with Gasteiger partial charge in [0, 0.05) is 6.54 Å². The smallest absolute Gasteiger partial charge is 0.152 e. The maximum absolute atomic E-state index is 5.75. The van der Waals surface area contributed by atoms with Gasteiger partial charge in [0.25, 0.3) is 0 Å². The monoisotopic (exact) mass is 273 g/mol. The van der Waals surface area contributed by atoms with E-state index in [1.165, 1.54) is 11.5 Å². The van der Waals surface area contributed by atoms with E-state index in [9.17, 15) is 0 Å². The number of nitrogens with one attached hydrogen (secondary N) is 1. The Hall–Kier alpha value is -1.79. The van der Waals surface area contributed by atoms with E-state index < -0.39 is 0 Å². The van der Waals surface area contributed by atoms with Crippen LogP contribution >= 0.6 is 11.5 Å². The summed E-state index contributed by atoms with van der Waals surface area (Å²) in [4.78, 5) is 9.03. The van der Waals surface area contributed by atoms with Crippen LogP contribution in [0.25, 0.3) is 21.7 Å². The first-order valence-electron chi connectivity index (χ1n) is 6.32. The summed E-state index contributed by atoms with van der Waals surface area (Å²) in [7, 11) is 0. The van der Waals surface area contributed by atoms with Crippen molar-refractivity contribution in [1.29, 1.82) is 0 Å². The molecule has 0 aliphatic carbocycles. The van der Waals surface area contributed by atoms with Crippen LogP contribution in [0.1, 0.15) is 24.6 Å². The molecule has 0 unspecified atom stereocenters. The van der Waals surface area contributed by atoms with Gasteiger partial charge in [0.15, 0.2) is 5.82 Å². The van der Waals surface area contributed by atoms with E-state index >= 15 is 0 Å². The number of aryl methyl sites for hydroxylation is 1. The average molecular weight is 273 g/mol. The molecule has 0 bridgehead atoms. The number of aromatic amines is 1. The molecule has 19 heavy (non-hydrogen) atoms. The van der Waals surface area contributed by atoms with E-state index in [0.717, 1.165) is 45.8 Å². The molecule has 3 N–H and O–H groups in total. The van der Waals surface area contributed by atoms with Gasteiger partial charge >= 0.3 is 0 Å². The molecule has 2 aromatic heterocycles. The van der Waals surface area contributed by atoms with Crippen LogP contribution in [0.15, 0.2) is 18.2 Å². The van der Waals surface area contributed by atoms with Crippen molar-refractivity contribution in [3.63, 3.8) is 0 Å².